The van der Waals surface area contributed by atoms with Crippen molar-refractivity contribution in [1.82, 2.24) is 20.2 Å². The third-order valence-electron chi connectivity index (χ3n) is 3.30. The van der Waals surface area contributed by atoms with Crippen molar-refractivity contribution in [3.63, 3.8) is 0 Å². The number of nitrogens with zero attached hydrogens (tertiary/aromatic N) is 4. The summed E-state index contributed by atoms with van der Waals surface area (Å²) in [5.74, 6) is -2.39. The quantitative estimate of drug-likeness (QED) is 0.937. The fraction of sp³-hybridized carbons (Fsp3) is 0.417. The third-order valence-corrected chi connectivity index (χ3v) is 3.30. The van der Waals surface area contributed by atoms with Crippen molar-refractivity contribution in [2.24, 2.45) is 5.73 Å². The van der Waals surface area contributed by atoms with Crippen molar-refractivity contribution in [3.05, 3.63) is 41.7 Å². The van der Waals surface area contributed by atoms with E-state index in [0.717, 1.165) is 5.56 Å². The van der Waals surface area contributed by atoms with E-state index in [1.807, 2.05) is 30.3 Å². The molecule has 0 unspecified atom stereocenters. The highest BCUT2D eigenvalue weighted by Crippen LogP contribution is 2.49. The molecule has 5 nitrogen and oxygen atoms in total. The highest BCUT2D eigenvalue weighted by molar-refractivity contribution is 5.85. The van der Waals surface area contributed by atoms with Crippen LogP contribution < -0.4 is 5.73 Å². The van der Waals surface area contributed by atoms with Crippen LogP contribution in [0.5, 0.6) is 0 Å². The molecule has 1 aliphatic rings. The minimum absolute atomic E-state index is 0. The van der Waals surface area contributed by atoms with E-state index in [-0.39, 0.29) is 12.4 Å². The van der Waals surface area contributed by atoms with E-state index in [1.54, 1.807) is 0 Å². The Morgan fingerprint density at radius 1 is 1.20 bits per heavy atom. The average Bonchev–Trinajstić information content (AvgIpc) is 2.76. The molecule has 8 heteroatoms. The number of hydrogen-bond donors (Lipinski definition) is 1. The summed E-state index contributed by atoms with van der Waals surface area (Å²) in [4.78, 5) is 0. The van der Waals surface area contributed by atoms with E-state index in [2.05, 4.69) is 15.5 Å². The standard InChI is InChI=1S/C12H13F2N5.ClH/c13-12(14)7-11(15,8-12)10-16-17-18-19(10)6-9-4-2-1-3-5-9;/h1-5H,6-8,15H2;1H. The molecule has 108 valence electrons. The van der Waals surface area contributed by atoms with E-state index in [9.17, 15) is 8.78 Å². The summed E-state index contributed by atoms with van der Waals surface area (Å²) in [5, 5.41) is 11.2. The van der Waals surface area contributed by atoms with Gasteiger partial charge < -0.3 is 5.73 Å². The van der Waals surface area contributed by atoms with E-state index in [4.69, 9.17) is 5.73 Å². The Kier molecular flexibility index (Phi) is 3.75. The highest BCUT2D eigenvalue weighted by atomic mass is 35.5. The Bertz CT molecular complexity index is 579. The second-order valence-corrected chi connectivity index (χ2v) is 5.01. The van der Waals surface area contributed by atoms with Crippen molar-refractivity contribution in [1.29, 1.82) is 0 Å². The minimum atomic E-state index is -2.71. The Labute approximate surface area is 120 Å². The third kappa shape index (κ3) is 2.64. The molecule has 0 radical (unpaired) electrons. The Morgan fingerprint density at radius 2 is 1.85 bits per heavy atom. The first-order valence-electron chi connectivity index (χ1n) is 5.96. The van der Waals surface area contributed by atoms with E-state index >= 15 is 0 Å². The largest absolute Gasteiger partial charge is 0.318 e. The molecule has 2 aromatic rings. The SMILES string of the molecule is Cl.NC1(c2nnnn2Cc2ccccc2)CC(F)(F)C1. The fourth-order valence-electron chi connectivity index (χ4n) is 2.45. The van der Waals surface area contributed by atoms with Gasteiger partial charge in [0.1, 0.15) is 0 Å². The summed E-state index contributed by atoms with van der Waals surface area (Å²) < 4.78 is 27.5. The van der Waals surface area contributed by atoms with Gasteiger partial charge in [-0.3, -0.25) is 0 Å². The molecule has 0 amide bonds. The number of benzene rings is 1. The predicted octanol–water partition coefficient (Wildman–Crippen LogP) is 1.73. The molecule has 1 aromatic heterocycles. The van der Waals surface area contributed by atoms with Gasteiger partial charge in [-0.25, -0.2) is 13.5 Å². The molecule has 2 N–H and O–H groups in total. The summed E-state index contributed by atoms with van der Waals surface area (Å²) >= 11 is 0. The second-order valence-electron chi connectivity index (χ2n) is 5.01. The zero-order chi connectivity index (χ0) is 13.5. The van der Waals surface area contributed by atoms with Gasteiger partial charge in [0.05, 0.1) is 12.1 Å². The molecule has 1 saturated carbocycles. The van der Waals surface area contributed by atoms with E-state index < -0.39 is 24.3 Å². The van der Waals surface area contributed by atoms with E-state index in [1.165, 1.54) is 4.68 Å². The van der Waals surface area contributed by atoms with Crippen LogP contribution in [0.15, 0.2) is 30.3 Å². The van der Waals surface area contributed by atoms with Gasteiger partial charge in [0.25, 0.3) is 5.92 Å². The van der Waals surface area contributed by atoms with Crippen LogP contribution in [-0.2, 0) is 12.1 Å². The molecule has 0 spiro atoms. The van der Waals surface area contributed by atoms with Gasteiger partial charge in [-0.2, -0.15) is 0 Å². The van der Waals surface area contributed by atoms with E-state index in [0.29, 0.717) is 12.4 Å². The van der Waals surface area contributed by atoms with Crippen LogP contribution in [0.2, 0.25) is 0 Å². The smallest absolute Gasteiger partial charge is 0.252 e. The van der Waals surface area contributed by atoms with Crippen molar-refractivity contribution in [2.75, 3.05) is 0 Å². The van der Waals surface area contributed by atoms with Crippen molar-refractivity contribution in [3.8, 4) is 0 Å². The summed E-state index contributed by atoms with van der Waals surface area (Å²) in [6.07, 6.45) is -0.815. The maximum Gasteiger partial charge on any atom is 0.252 e. The summed E-state index contributed by atoms with van der Waals surface area (Å²) in [7, 11) is 0. The number of hydrogen-bond acceptors (Lipinski definition) is 4. The predicted molar refractivity (Wildman–Crippen MR) is 70.7 cm³/mol. The topological polar surface area (TPSA) is 69.6 Å². The number of aromatic nitrogens is 4. The van der Waals surface area contributed by atoms with Gasteiger partial charge in [0.15, 0.2) is 5.82 Å². The number of rotatable bonds is 3. The van der Waals surface area contributed by atoms with Crippen LogP contribution in [-0.4, -0.2) is 26.1 Å². The van der Waals surface area contributed by atoms with Crippen LogP contribution in [0.1, 0.15) is 24.2 Å². The van der Waals surface area contributed by atoms with Gasteiger partial charge in [0, 0.05) is 12.8 Å². The maximum absolute atomic E-state index is 13.0. The molecule has 3 rings (SSSR count). The molecular weight excluding hydrogens is 288 g/mol. The first-order valence-corrected chi connectivity index (χ1v) is 5.96. The second kappa shape index (κ2) is 5.06. The number of nitrogens with two attached hydrogens (primary N) is 1. The number of halogens is 3. The summed E-state index contributed by atoms with van der Waals surface area (Å²) in [6.45, 7) is 0.424. The number of tetrazole rings is 1. The molecule has 20 heavy (non-hydrogen) atoms. The van der Waals surface area contributed by atoms with Crippen LogP contribution >= 0.6 is 12.4 Å². The van der Waals surface area contributed by atoms with Crippen LogP contribution in [0.3, 0.4) is 0 Å². The molecule has 1 heterocycles. The fourth-order valence-corrected chi connectivity index (χ4v) is 2.45. The molecule has 0 saturated heterocycles. The summed E-state index contributed by atoms with van der Waals surface area (Å²) in [5.41, 5.74) is 5.82. The maximum atomic E-state index is 13.0. The first-order chi connectivity index (χ1) is 8.99. The molecule has 1 aromatic carbocycles. The lowest BCUT2D eigenvalue weighted by atomic mass is 9.73. The van der Waals surface area contributed by atoms with Gasteiger partial charge in [-0.15, -0.1) is 17.5 Å². The molecule has 0 atom stereocenters. The highest BCUT2D eigenvalue weighted by Gasteiger charge is 2.57. The summed E-state index contributed by atoms with van der Waals surface area (Å²) in [6, 6.07) is 9.54. The lowest BCUT2D eigenvalue weighted by Crippen LogP contribution is -2.57. The number of alkyl halides is 2. The lowest BCUT2D eigenvalue weighted by Gasteiger charge is -2.42. The van der Waals surface area contributed by atoms with Gasteiger partial charge in [-0.05, 0) is 16.0 Å². The lowest BCUT2D eigenvalue weighted by molar-refractivity contribution is -0.128. The minimum Gasteiger partial charge on any atom is -0.318 e. The monoisotopic (exact) mass is 301 g/mol. The molecular formula is C12H14ClF2N5. The zero-order valence-electron chi connectivity index (χ0n) is 10.5. The molecule has 0 bridgehead atoms. The zero-order valence-corrected chi connectivity index (χ0v) is 11.4. The van der Waals surface area contributed by atoms with Crippen molar-refractivity contribution < 1.29 is 8.78 Å². The van der Waals surface area contributed by atoms with Crippen LogP contribution in [0, 0.1) is 0 Å². The Hall–Kier alpha value is -1.60. The van der Waals surface area contributed by atoms with Crippen molar-refractivity contribution >= 4 is 12.4 Å². The molecule has 1 fully saturated rings. The Balaban J connectivity index is 0.00000147. The van der Waals surface area contributed by atoms with Crippen molar-refractivity contribution in [2.45, 2.75) is 30.8 Å². The first kappa shape index (κ1) is 14.8. The van der Waals surface area contributed by atoms with Crippen LogP contribution in [0.25, 0.3) is 0 Å². The molecule has 0 aliphatic heterocycles. The van der Waals surface area contributed by atoms with Gasteiger partial charge in [0.2, 0.25) is 0 Å². The van der Waals surface area contributed by atoms with Gasteiger partial charge >= 0.3 is 0 Å². The van der Waals surface area contributed by atoms with Crippen LogP contribution in [0.4, 0.5) is 8.78 Å². The normalized spacial score (nSPS) is 18.9. The van der Waals surface area contributed by atoms with Gasteiger partial charge in [-0.1, -0.05) is 30.3 Å². The Morgan fingerprint density at radius 3 is 2.45 bits per heavy atom. The average molecular weight is 302 g/mol. The molecule has 1 aliphatic carbocycles.